The number of hydrazone groups is 1. The molecular weight excluding hydrogens is 536 g/mol. The summed E-state index contributed by atoms with van der Waals surface area (Å²) < 4.78 is 59.0. The van der Waals surface area contributed by atoms with Crippen LogP contribution in [0.2, 0.25) is 0 Å². The third kappa shape index (κ3) is 7.23. The molecule has 6 nitrogen and oxygen atoms in total. The Labute approximate surface area is 236 Å². The summed E-state index contributed by atoms with van der Waals surface area (Å²) in [5, 5.41) is 9.39. The number of aliphatic imine (C=N–C) groups is 1. The molecule has 0 spiro atoms. The smallest absolute Gasteiger partial charge is 0.390 e. The van der Waals surface area contributed by atoms with Gasteiger partial charge in [0.1, 0.15) is 11.6 Å². The number of alkyl halides is 3. The molecule has 1 saturated carbocycles. The summed E-state index contributed by atoms with van der Waals surface area (Å²) >= 11 is 0. The van der Waals surface area contributed by atoms with E-state index in [1.54, 1.807) is 24.1 Å². The van der Waals surface area contributed by atoms with E-state index in [1.807, 2.05) is 38.1 Å². The number of aryl methyl sites for hydroxylation is 2. The number of nitrogens with one attached hydrogen (secondary N) is 1. The molecule has 216 valence electrons. The van der Waals surface area contributed by atoms with Crippen LogP contribution in [0, 0.1) is 25.6 Å². The average molecular weight is 569 g/mol. The van der Waals surface area contributed by atoms with Crippen LogP contribution >= 0.6 is 0 Å². The molecule has 10 heteroatoms. The first-order valence-corrected chi connectivity index (χ1v) is 13.7. The standard InChI is InChI=1S/C31H32F4N4O2/c1-18-4-9-27-26(36-11-10-31(33,34)35)17-29(41-24-13-19(2)12-22(32)16-24)38-39(27)28(14-18)21-5-8-25(20(3)15-21)30(40)37-23-6-7-23/h5,8-9,12-16,18,23H,4,6-7,10-11,17H2,1-3H3,(H,37,40). The number of allylic oxidation sites excluding steroid dienone is 3. The zero-order valence-electron chi connectivity index (χ0n) is 23.2. The van der Waals surface area contributed by atoms with Crippen LogP contribution < -0.4 is 10.1 Å². The van der Waals surface area contributed by atoms with Crippen LogP contribution in [0.15, 0.2) is 64.3 Å². The Balaban J connectivity index is 1.53. The van der Waals surface area contributed by atoms with Crippen molar-refractivity contribution in [2.24, 2.45) is 16.0 Å². The van der Waals surface area contributed by atoms with Gasteiger partial charge in [0.2, 0.25) is 5.90 Å². The minimum Gasteiger partial charge on any atom is -0.441 e. The van der Waals surface area contributed by atoms with Crippen LogP contribution in [0.1, 0.15) is 66.1 Å². The average Bonchev–Trinajstić information content (AvgIpc) is 3.70. The lowest BCUT2D eigenvalue weighted by Crippen LogP contribution is -2.32. The molecule has 0 bridgehead atoms. The molecule has 0 radical (unpaired) electrons. The summed E-state index contributed by atoms with van der Waals surface area (Å²) in [6.45, 7) is 5.20. The highest BCUT2D eigenvalue weighted by molar-refractivity contribution is 6.13. The van der Waals surface area contributed by atoms with E-state index in [1.165, 1.54) is 12.1 Å². The van der Waals surface area contributed by atoms with Crippen molar-refractivity contribution in [2.45, 2.75) is 65.1 Å². The van der Waals surface area contributed by atoms with Gasteiger partial charge in [-0.3, -0.25) is 9.79 Å². The van der Waals surface area contributed by atoms with Gasteiger partial charge in [-0.25, -0.2) is 9.40 Å². The van der Waals surface area contributed by atoms with E-state index >= 15 is 0 Å². The fraction of sp³-hybridized carbons (Fsp3) is 0.387. The van der Waals surface area contributed by atoms with Crippen LogP contribution in [0.5, 0.6) is 5.75 Å². The van der Waals surface area contributed by atoms with E-state index in [2.05, 4.69) is 10.3 Å². The molecule has 1 unspecified atom stereocenters. The molecule has 2 heterocycles. The number of hydrogen-bond donors (Lipinski definition) is 1. The van der Waals surface area contributed by atoms with Gasteiger partial charge >= 0.3 is 6.18 Å². The van der Waals surface area contributed by atoms with Gasteiger partial charge in [0.05, 0.1) is 29.9 Å². The number of halogens is 4. The van der Waals surface area contributed by atoms with Gasteiger partial charge in [-0.15, -0.1) is 5.10 Å². The lowest BCUT2D eigenvalue weighted by molar-refractivity contribution is -0.132. The minimum atomic E-state index is -4.34. The van der Waals surface area contributed by atoms with Crippen molar-refractivity contribution in [3.63, 3.8) is 0 Å². The van der Waals surface area contributed by atoms with Gasteiger partial charge in [0, 0.05) is 29.8 Å². The minimum absolute atomic E-state index is 0.0523. The van der Waals surface area contributed by atoms with Crippen LogP contribution in [0.4, 0.5) is 17.6 Å². The molecule has 3 aliphatic rings. The number of fused-ring (bicyclic) bond motifs is 1. The lowest BCUT2D eigenvalue weighted by atomic mass is 10.00. The van der Waals surface area contributed by atoms with Crippen molar-refractivity contribution in [1.82, 2.24) is 10.3 Å². The van der Waals surface area contributed by atoms with E-state index in [9.17, 15) is 22.4 Å². The molecule has 2 aromatic rings. The van der Waals surface area contributed by atoms with Crippen LogP contribution in [-0.4, -0.2) is 41.3 Å². The van der Waals surface area contributed by atoms with E-state index in [4.69, 9.17) is 9.84 Å². The summed E-state index contributed by atoms with van der Waals surface area (Å²) in [6, 6.07) is 10.0. The number of nitrogens with zero attached hydrogens (tertiary/aromatic N) is 3. The molecule has 0 aromatic heterocycles. The number of amides is 1. The second-order valence-corrected chi connectivity index (χ2v) is 10.9. The molecule has 1 N–H and O–H groups in total. The molecule has 0 saturated heterocycles. The fourth-order valence-electron chi connectivity index (χ4n) is 4.85. The maximum atomic E-state index is 14.1. The Kier molecular flexibility index (Phi) is 8.02. The first-order valence-electron chi connectivity index (χ1n) is 13.7. The Morgan fingerprint density at radius 1 is 1.15 bits per heavy atom. The summed E-state index contributed by atoms with van der Waals surface area (Å²) in [4.78, 5) is 17.0. The Bertz CT molecular complexity index is 1450. The second-order valence-electron chi connectivity index (χ2n) is 10.9. The molecule has 1 aliphatic carbocycles. The fourth-order valence-corrected chi connectivity index (χ4v) is 4.85. The maximum Gasteiger partial charge on any atom is 0.390 e. The predicted molar refractivity (Wildman–Crippen MR) is 150 cm³/mol. The van der Waals surface area contributed by atoms with Gasteiger partial charge in [-0.2, -0.15) is 13.2 Å². The zero-order valence-corrected chi connectivity index (χ0v) is 23.2. The number of ether oxygens (including phenoxy) is 1. The predicted octanol–water partition coefficient (Wildman–Crippen LogP) is 7.09. The largest absolute Gasteiger partial charge is 0.441 e. The Hall–Kier alpha value is -3.95. The van der Waals surface area contributed by atoms with Crippen LogP contribution in [-0.2, 0) is 0 Å². The number of rotatable bonds is 6. The van der Waals surface area contributed by atoms with E-state index in [-0.39, 0.29) is 35.9 Å². The van der Waals surface area contributed by atoms with Gasteiger partial charge in [-0.05, 0) is 74.4 Å². The SMILES string of the molecule is Cc1cc(F)cc(OC2=NN3C(=CCC(C)C=C3c3ccc(C(=O)NC4CC4)c(C)c3)C(=NCCC(F)(F)F)C2)c1. The van der Waals surface area contributed by atoms with Crippen molar-refractivity contribution < 1.29 is 27.1 Å². The van der Waals surface area contributed by atoms with Crippen molar-refractivity contribution in [1.29, 1.82) is 0 Å². The van der Waals surface area contributed by atoms with Gasteiger partial charge in [0.25, 0.3) is 5.91 Å². The quantitative estimate of drug-likeness (QED) is 0.379. The van der Waals surface area contributed by atoms with Gasteiger partial charge in [-0.1, -0.05) is 25.1 Å². The van der Waals surface area contributed by atoms with Crippen molar-refractivity contribution >= 4 is 23.2 Å². The maximum absolute atomic E-state index is 14.1. The van der Waals surface area contributed by atoms with Crippen LogP contribution in [0.25, 0.3) is 5.70 Å². The number of carbonyl (C=O) groups is 1. The highest BCUT2D eigenvalue weighted by atomic mass is 19.4. The first kappa shape index (κ1) is 28.6. The van der Waals surface area contributed by atoms with Crippen LogP contribution in [0.3, 0.4) is 0 Å². The molecule has 41 heavy (non-hydrogen) atoms. The third-order valence-electron chi connectivity index (χ3n) is 7.04. The highest BCUT2D eigenvalue weighted by Gasteiger charge is 2.32. The van der Waals surface area contributed by atoms with E-state index in [0.29, 0.717) is 34.7 Å². The molecule has 1 amide bonds. The monoisotopic (exact) mass is 568 g/mol. The molecule has 1 atom stereocenters. The van der Waals surface area contributed by atoms with Crippen molar-refractivity contribution in [3.05, 3.63) is 82.3 Å². The van der Waals surface area contributed by atoms with Gasteiger partial charge in [0.15, 0.2) is 0 Å². The Morgan fingerprint density at radius 3 is 2.61 bits per heavy atom. The third-order valence-corrected chi connectivity index (χ3v) is 7.04. The molecular formula is C31H32F4N4O2. The summed E-state index contributed by atoms with van der Waals surface area (Å²) in [5.41, 5.74) is 4.49. The zero-order chi connectivity index (χ0) is 29.3. The molecule has 2 aromatic carbocycles. The molecule has 1 fully saturated rings. The van der Waals surface area contributed by atoms with Gasteiger partial charge < -0.3 is 10.1 Å². The highest BCUT2D eigenvalue weighted by Crippen LogP contribution is 2.35. The number of carbonyl (C=O) groups excluding carboxylic acids is 1. The molecule has 5 rings (SSSR count). The number of benzene rings is 2. The van der Waals surface area contributed by atoms with E-state index < -0.39 is 25.0 Å². The Morgan fingerprint density at radius 2 is 1.93 bits per heavy atom. The topological polar surface area (TPSA) is 66.3 Å². The van der Waals surface area contributed by atoms with Crippen molar-refractivity contribution in [2.75, 3.05) is 6.54 Å². The molecule has 2 aliphatic heterocycles. The lowest BCUT2D eigenvalue weighted by Gasteiger charge is -2.30. The summed E-state index contributed by atoms with van der Waals surface area (Å²) in [7, 11) is 0. The second kappa shape index (κ2) is 11.5. The normalized spacial score (nSPS) is 20.1. The summed E-state index contributed by atoms with van der Waals surface area (Å²) in [5.74, 6) is -0.0874. The number of hydrogen-bond acceptors (Lipinski definition) is 5. The summed E-state index contributed by atoms with van der Waals surface area (Å²) in [6.07, 6.45) is 1.23. The van der Waals surface area contributed by atoms with E-state index in [0.717, 1.165) is 24.0 Å². The first-order chi connectivity index (χ1) is 19.4. The van der Waals surface area contributed by atoms with Crippen molar-refractivity contribution in [3.8, 4) is 5.75 Å².